The maximum atomic E-state index is 12.6. The second kappa shape index (κ2) is 6.48. The summed E-state index contributed by atoms with van der Waals surface area (Å²) >= 11 is 9.02. The van der Waals surface area contributed by atoms with Gasteiger partial charge in [-0.1, -0.05) is 30.3 Å². The highest BCUT2D eigenvalue weighted by Gasteiger charge is 2.40. The molecule has 1 aromatic rings. The van der Waals surface area contributed by atoms with Crippen molar-refractivity contribution in [3.8, 4) is 0 Å². The molecule has 21 heavy (non-hydrogen) atoms. The fourth-order valence-electron chi connectivity index (χ4n) is 1.27. The van der Waals surface area contributed by atoms with E-state index in [-0.39, 0.29) is 5.56 Å². The third-order valence-corrected chi connectivity index (χ3v) is 2.54. The third kappa shape index (κ3) is 5.39. The Morgan fingerprint density at radius 1 is 0.905 bits per heavy atom. The van der Waals surface area contributed by atoms with E-state index < -0.39 is 28.7 Å². The van der Waals surface area contributed by atoms with Gasteiger partial charge in [-0.3, -0.25) is 9.59 Å². The van der Waals surface area contributed by atoms with Crippen LogP contribution in [0.15, 0.2) is 30.3 Å². The zero-order chi connectivity index (χ0) is 16.3. The van der Waals surface area contributed by atoms with Gasteiger partial charge in [0.15, 0.2) is 0 Å². The Labute approximate surface area is 126 Å². The van der Waals surface area contributed by atoms with Crippen LogP contribution in [0.3, 0.4) is 0 Å². The van der Waals surface area contributed by atoms with Crippen molar-refractivity contribution in [3.63, 3.8) is 0 Å². The molecule has 0 saturated carbocycles. The number of carbonyl (C=O) groups excluding carboxylic acids is 2. The number of rotatable bonds is 5. The van der Waals surface area contributed by atoms with Crippen LogP contribution >= 0.6 is 23.2 Å². The van der Waals surface area contributed by atoms with Crippen molar-refractivity contribution in [2.75, 3.05) is 0 Å². The van der Waals surface area contributed by atoms with Crippen LogP contribution in [0.1, 0.15) is 11.7 Å². The molecule has 4 nitrogen and oxygen atoms in total. The minimum atomic E-state index is -4.26. The first-order valence-electron chi connectivity index (χ1n) is 5.32. The third-order valence-electron chi connectivity index (χ3n) is 2.20. The number of carbonyl (C=O) groups is 2. The largest absolute Gasteiger partial charge is 0.399 e. The van der Waals surface area contributed by atoms with Crippen LogP contribution in [0, 0.1) is 0 Å². The van der Waals surface area contributed by atoms with Gasteiger partial charge in [0.25, 0.3) is 0 Å². The fraction of sp³-hybridized carbons (Fsp3) is 0.273. The Morgan fingerprint density at radius 3 is 1.62 bits per heavy atom. The van der Waals surface area contributed by atoms with Crippen molar-refractivity contribution in [3.05, 3.63) is 35.9 Å². The summed E-state index contributed by atoms with van der Waals surface area (Å²) in [6.07, 6.45) is -1.65. The van der Waals surface area contributed by atoms with E-state index in [0.717, 1.165) is 0 Å². The Hall–Kier alpha value is -1.54. The average molecular weight is 347 g/mol. The summed E-state index contributed by atoms with van der Waals surface area (Å²) in [6, 6.07) is 7.06. The van der Waals surface area contributed by atoms with Crippen LogP contribution in [0.5, 0.6) is 0 Å². The molecule has 2 amide bonds. The van der Waals surface area contributed by atoms with E-state index in [2.05, 4.69) is 23.2 Å². The number of benzene rings is 1. The molecule has 0 atom stereocenters. The lowest BCUT2D eigenvalue weighted by Crippen LogP contribution is -2.48. The van der Waals surface area contributed by atoms with Gasteiger partial charge in [-0.25, -0.2) is 0 Å². The van der Waals surface area contributed by atoms with Crippen LogP contribution in [0.25, 0.3) is 0 Å². The van der Waals surface area contributed by atoms with E-state index >= 15 is 0 Å². The van der Waals surface area contributed by atoms with Gasteiger partial charge in [-0.15, -0.1) is 0 Å². The molecular weight excluding hydrogens is 339 g/mol. The zero-order valence-electron chi connectivity index (χ0n) is 10.0. The highest BCUT2D eigenvalue weighted by Crippen LogP contribution is 2.23. The Bertz CT molecular complexity index is 489. The van der Waals surface area contributed by atoms with Crippen LogP contribution in [0.4, 0.5) is 17.6 Å². The first kappa shape index (κ1) is 17.5. The topological polar surface area (TPSA) is 58.2 Å². The van der Waals surface area contributed by atoms with Crippen molar-refractivity contribution < 1.29 is 27.2 Å². The Morgan fingerprint density at radius 2 is 1.29 bits per heavy atom. The molecule has 0 unspecified atom stereocenters. The molecule has 116 valence electrons. The first-order chi connectivity index (χ1) is 9.51. The summed E-state index contributed by atoms with van der Waals surface area (Å²) < 4.78 is 50.5. The fourth-order valence-corrected chi connectivity index (χ4v) is 1.38. The Kier molecular flexibility index (Phi) is 5.41. The summed E-state index contributed by atoms with van der Waals surface area (Å²) in [5.41, 5.74) is 0.0704. The predicted octanol–water partition coefficient (Wildman–Crippen LogP) is 2.58. The average Bonchev–Trinajstić information content (AvgIpc) is 2.36. The quantitative estimate of drug-likeness (QED) is 0.489. The van der Waals surface area contributed by atoms with E-state index in [4.69, 9.17) is 0 Å². The molecule has 0 bridgehead atoms. The normalized spacial score (nSPS) is 12.1. The molecule has 0 saturated heterocycles. The highest BCUT2D eigenvalue weighted by molar-refractivity contribution is 6.32. The van der Waals surface area contributed by atoms with Gasteiger partial charge in [0.2, 0.25) is 0 Å². The second-order valence-corrected chi connectivity index (χ2v) is 4.74. The summed E-state index contributed by atoms with van der Waals surface area (Å²) in [4.78, 5) is 22.2. The van der Waals surface area contributed by atoms with E-state index in [0.29, 0.717) is 0 Å². The van der Waals surface area contributed by atoms with Gasteiger partial charge in [0, 0.05) is 0 Å². The number of nitrogens with one attached hydrogen (secondary N) is 2. The number of hydrogen-bond donors (Lipinski definition) is 2. The SMILES string of the molecule is O=C(NC(NC(=O)C(F)(F)Cl)c1ccccc1)C(F)(F)Cl. The first-order valence-corrected chi connectivity index (χ1v) is 6.07. The van der Waals surface area contributed by atoms with Crippen LogP contribution < -0.4 is 10.6 Å². The summed E-state index contributed by atoms with van der Waals surface area (Å²) in [5.74, 6) is -3.92. The van der Waals surface area contributed by atoms with Crippen molar-refractivity contribution in [2.24, 2.45) is 0 Å². The minimum absolute atomic E-state index is 0.0704. The van der Waals surface area contributed by atoms with Gasteiger partial charge in [-0.2, -0.15) is 17.6 Å². The lowest BCUT2D eigenvalue weighted by Gasteiger charge is -2.22. The molecule has 10 heteroatoms. The zero-order valence-corrected chi connectivity index (χ0v) is 11.6. The van der Waals surface area contributed by atoms with Crippen molar-refractivity contribution in [1.29, 1.82) is 0 Å². The standard InChI is InChI=1S/C11H8Cl2F4N2O2/c12-10(14,15)8(20)18-7(6-4-2-1-3-5-6)19-9(21)11(13,16)17/h1-5,7H,(H,18,20)(H,19,21). The van der Waals surface area contributed by atoms with Gasteiger partial charge in [0.05, 0.1) is 0 Å². The van der Waals surface area contributed by atoms with E-state index in [1.165, 1.54) is 24.3 Å². The maximum absolute atomic E-state index is 12.6. The minimum Gasteiger partial charge on any atom is -0.326 e. The number of halogens is 6. The lowest BCUT2D eigenvalue weighted by atomic mass is 10.1. The van der Waals surface area contributed by atoms with Crippen molar-refractivity contribution in [2.45, 2.75) is 16.9 Å². The van der Waals surface area contributed by atoms with Crippen molar-refractivity contribution in [1.82, 2.24) is 10.6 Å². The van der Waals surface area contributed by atoms with E-state index in [9.17, 15) is 27.2 Å². The molecular formula is C11H8Cl2F4N2O2. The summed E-state index contributed by atoms with van der Waals surface area (Å²) in [6.45, 7) is 0. The van der Waals surface area contributed by atoms with Gasteiger partial charge < -0.3 is 10.6 Å². The maximum Gasteiger partial charge on any atom is 0.399 e. The molecule has 0 aromatic heterocycles. The van der Waals surface area contributed by atoms with Gasteiger partial charge in [-0.05, 0) is 28.8 Å². The number of alkyl halides is 6. The molecule has 0 aliphatic rings. The monoisotopic (exact) mass is 346 g/mol. The van der Waals surface area contributed by atoms with E-state index in [1.807, 2.05) is 0 Å². The second-order valence-electron chi connectivity index (χ2n) is 3.79. The molecule has 0 aliphatic carbocycles. The molecule has 2 N–H and O–H groups in total. The van der Waals surface area contributed by atoms with Crippen LogP contribution in [0.2, 0.25) is 0 Å². The predicted molar refractivity (Wildman–Crippen MR) is 67.1 cm³/mol. The molecule has 0 radical (unpaired) electrons. The number of amides is 2. The molecule has 0 aliphatic heterocycles. The van der Waals surface area contributed by atoms with Crippen LogP contribution in [-0.2, 0) is 9.59 Å². The van der Waals surface area contributed by atoms with E-state index in [1.54, 1.807) is 16.7 Å². The smallest absolute Gasteiger partial charge is 0.326 e. The van der Waals surface area contributed by atoms with Crippen molar-refractivity contribution >= 4 is 35.0 Å². The summed E-state index contributed by atoms with van der Waals surface area (Å²) in [5, 5.41) is -5.26. The van der Waals surface area contributed by atoms with Crippen LogP contribution in [-0.4, -0.2) is 22.6 Å². The summed E-state index contributed by atoms with van der Waals surface area (Å²) in [7, 11) is 0. The lowest BCUT2D eigenvalue weighted by molar-refractivity contribution is -0.140. The Balaban J connectivity index is 2.97. The van der Waals surface area contributed by atoms with Gasteiger partial charge in [0.1, 0.15) is 6.17 Å². The number of hydrogen-bond acceptors (Lipinski definition) is 2. The highest BCUT2D eigenvalue weighted by atomic mass is 35.5. The molecule has 0 heterocycles. The molecule has 0 spiro atoms. The molecule has 1 aromatic carbocycles. The molecule has 0 fully saturated rings. The molecule has 1 rings (SSSR count). The van der Waals surface area contributed by atoms with Gasteiger partial charge >= 0.3 is 22.6 Å².